The fraction of sp³-hybridized carbons (Fsp3) is 0.556. The molecular weight excluding hydrogens is 484 g/mol. The average Bonchev–Trinajstić information content (AvgIpc) is 3.37. The molecule has 3 aliphatic rings. The fourth-order valence-corrected chi connectivity index (χ4v) is 5.80. The molecule has 1 saturated carbocycles. The Bertz CT molecular complexity index is 1240. The van der Waals surface area contributed by atoms with Gasteiger partial charge in [-0.25, -0.2) is 9.59 Å². The predicted molar refractivity (Wildman–Crippen MR) is 145 cm³/mol. The zero-order valence-corrected chi connectivity index (χ0v) is 22.2. The molecule has 0 spiro atoms. The van der Waals surface area contributed by atoms with E-state index in [0.717, 1.165) is 56.0 Å². The smallest absolute Gasteiger partial charge is 0.338 e. The normalized spacial score (nSPS) is 23.3. The van der Waals surface area contributed by atoms with Crippen molar-refractivity contribution in [2.45, 2.75) is 25.8 Å². The molecule has 2 saturated heterocycles. The van der Waals surface area contributed by atoms with Crippen LogP contribution >= 0.6 is 0 Å². The third-order valence-corrected chi connectivity index (χ3v) is 8.07. The SMILES string of the molecule is CC(C)(N)C(=O)N1CCN(C(=O)Nc2ccn(-c3cccc(CCN4C[C@@H]5C(CN)[C@@H]5C4)c3)c(=O)n2)CC1. The Labute approximate surface area is 222 Å². The van der Waals surface area contributed by atoms with Crippen LogP contribution in [-0.4, -0.2) is 94.1 Å². The van der Waals surface area contributed by atoms with E-state index in [2.05, 4.69) is 21.3 Å². The molecule has 204 valence electrons. The van der Waals surface area contributed by atoms with Gasteiger partial charge in [0.15, 0.2) is 0 Å². The number of urea groups is 1. The third kappa shape index (κ3) is 5.59. The van der Waals surface area contributed by atoms with Gasteiger partial charge in [0.1, 0.15) is 5.82 Å². The first-order chi connectivity index (χ1) is 18.1. The highest BCUT2D eigenvalue weighted by molar-refractivity contribution is 5.89. The Kier molecular flexibility index (Phi) is 7.26. The minimum Gasteiger partial charge on any atom is -0.338 e. The van der Waals surface area contributed by atoms with Crippen LogP contribution in [0, 0.1) is 17.8 Å². The lowest BCUT2D eigenvalue weighted by Gasteiger charge is -2.37. The van der Waals surface area contributed by atoms with Crippen LogP contribution in [-0.2, 0) is 11.2 Å². The van der Waals surface area contributed by atoms with Crippen LogP contribution < -0.4 is 22.5 Å². The number of nitrogens with two attached hydrogens (primary N) is 2. The number of rotatable bonds is 7. The first kappa shape index (κ1) is 26.3. The second-order valence-electron chi connectivity index (χ2n) is 11.3. The average molecular weight is 523 g/mol. The number of fused-ring (bicyclic) bond motifs is 1. The van der Waals surface area contributed by atoms with Crippen LogP contribution in [0.1, 0.15) is 19.4 Å². The monoisotopic (exact) mass is 522 g/mol. The zero-order chi connectivity index (χ0) is 27.0. The van der Waals surface area contributed by atoms with E-state index < -0.39 is 11.2 Å². The highest BCUT2D eigenvalue weighted by Crippen LogP contribution is 2.50. The molecule has 2 aliphatic heterocycles. The van der Waals surface area contributed by atoms with Gasteiger partial charge in [0.2, 0.25) is 5.91 Å². The van der Waals surface area contributed by atoms with Crippen LogP contribution in [0.4, 0.5) is 10.6 Å². The third-order valence-electron chi connectivity index (χ3n) is 8.07. The second-order valence-corrected chi connectivity index (χ2v) is 11.3. The molecule has 3 atom stereocenters. The molecule has 1 aliphatic carbocycles. The largest absolute Gasteiger partial charge is 0.354 e. The van der Waals surface area contributed by atoms with Gasteiger partial charge in [-0.15, -0.1) is 0 Å². The number of hydrogen-bond acceptors (Lipinski definition) is 7. The molecule has 38 heavy (non-hydrogen) atoms. The van der Waals surface area contributed by atoms with Gasteiger partial charge >= 0.3 is 11.7 Å². The number of carbonyl (C=O) groups is 2. The van der Waals surface area contributed by atoms with E-state index in [-0.39, 0.29) is 17.8 Å². The molecular formula is C27H38N8O3. The maximum Gasteiger partial charge on any atom is 0.354 e. The van der Waals surface area contributed by atoms with E-state index in [1.807, 2.05) is 18.2 Å². The maximum atomic E-state index is 12.8. The standard InChI is InChI=1S/C27H38N8O3/c1-27(2,29)24(36)33-10-12-34(13-11-33)25(37)30-23-7-9-35(26(38)31-23)19-5-3-4-18(14-19)6-8-32-16-21-20(15-28)22(21)17-32/h3-5,7,9,14,20-22H,6,8,10-13,15-17,28-29H2,1-2H3,(H,30,31,37,38)/t20?,21-,22+. The van der Waals surface area contributed by atoms with Crippen molar-refractivity contribution in [1.82, 2.24) is 24.3 Å². The summed E-state index contributed by atoms with van der Waals surface area (Å²) in [6.45, 7) is 9.01. The molecule has 3 fully saturated rings. The molecule has 0 radical (unpaired) electrons. The molecule has 3 amide bonds. The molecule has 5 rings (SSSR count). The Morgan fingerprint density at radius 2 is 1.76 bits per heavy atom. The predicted octanol–water partition coefficient (Wildman–Crippen LogP) is 0.325. The summed E-state index contributed by atoms with van der Waals surface area (Å²) < 4.78 is 1.48. The van der Waals surface area contributed by atoms with Gasteiger partial charge in [0.05, 0.1) is 11.2 Å². The fourth-order valence-electron chi connectivity index (χ4n) is 5.80. The van der Waals surface area contributed by atoms with Crippen LogP contribution in [0.5, 0.6) is 0 Å². The van der Waals surface area contributed by atoms with E-state index in [4.69, 9.17) is 11.5 Å². The molecule has 3 heterocycles. The number of aromatic nitrogens is 2. The summed E-state index contributed by atoms with van der Waals surface area (Å²) in [5, 5.41) is 2.70. The van der Waals surface area contributed by atoms with Crippen LogP contribution in [0.3, 0.4) is 0 Å². The van der Waals surface area contributed by atoms with Gasteiger partial charge in [0, 0.05) is 52.0 Å². The van der Waals surface area contributed by atoms with E-state index in [1.165, 1.54) is 10.1 Å². The number of piperidine rings is 1. The topological polar surface area (TPSA) is 143 Å². The van der Waals surface area contributed by atoms with Crippen molar-refractivity contribution in [3.63, 3.8) is 0 Å². The highest BCUT2D eigenvalue weighted by Gasteiger charge is 2.54. The van der Waals surface area contributed by atoms with Crippen molar-refractivity contribution < 1.29 is 9.59 Å². The van der Waals surface area contributed by atoms with E-state index in [1.54, 1.807) is 35.9 Å². The number of amides is 3. The van der Waals surface area contributed by atoms with Gasteiger partial charge in [-0.1, -0.05) is 12.1 Å². The summed E-state index contributed by atoms with van der Waals surface area (Å²) in [6, 6.07) is 9.20. The quantitative estimate of drug-likeness (QED) is 0.475. The van der Waals surface area contributed by atoms with Crippen molar-refractivity contribution in [3.8, 4) is 5.69 Å². The number of hydrogen-bond donors (Lipinski definition) is 3. The Morgan fingerprint density at radius 3 is 2.39 bits per heavy atom. The number of anilines is 1. The first-order valence-electron chi connectivity index (χ1n) is 13.4. The van der Waals surface area contributed by atoms with Crippen LogP contribution in [0.2, 0.25) is 0 Å². The Balaban J connectivity index is 1.15. The molecule has 2 aromatic rings. The molecule has 5 N–H and O–H groups in total. The van der Waals surface area contributed by atoms with Crippen molar-refractivity contribution in [1.29, 1.82) is 0 Å². The lowest BCUT2D eigenvalue weighted by Crippen LogP contribution is -2.58. The van der Waals surface area contributed by atoms with E-state index >= 15 is 0 Å². The lowest BCUT2D eigenvalue weighted by molar-refractivity contribution is -0.137. The first-order valence-corrected chi connectivity index (χ1v) is 13.4. The molecule has 1 aromatic heterocycles. The highest BCUT2D eigenvalue weighted by atomic mass is 16.2. The molecule has 0 bridgehead atoms. The number of nitrogens with zero attached hydrogens (tertiary/aromatic N) is 5. The summed E-state index contributed by atoms with van der Waals surface area (Å²) in [5.74, 6) is 2.35. The minimum absolute atomic E-state index is 0.139. The summed E-state index contributed by atoms with van der Waals surface area (Å²) in [5.41, 5.74) is 12.2. The maximum absolute atomic E-state index is 12.8. The summed E-state index contributed by atoms with van der Waals surface area (Å²) in [4.78, 5) is 47.7. The van der Waals surface area contributed by atoms with E-state index in [0.29, 0.717) is 26.2 Å². The van der Waals surface area contributed by atoms with Gasteiger partial charge in [-0.05, 0) is 68.3 Å². The van der Waals surface area contributed by atoms with Gasteiger partial charge in [-0.2, -0.15) is 4.98 Å². The lowest BCUT2D eigenvalue weighted by atomic mass is 10.1. The number of likely N-dealkylation sites (tertiary alicyclic amines) is 1. The number of nitrogens with one attached hydrogen (secondary N) is 1. The molecule has 11 nitrogen and oxygen atoms in total. The van der Waals surface area contributed by atoms with E-state index in [9.17, 15) is 14.4 Å². The Hall–Kier alpha value is -3.28. The molecule has 1 unspecified atom stereocenters. The van der Waals surface area contributed by atoms with Gasteiger partial charge < -0.3 is 26.2 Å². The van der Waals surface area contributed by atoms with Crippen molar-refractivity contribution in [3.05, 3.63) is 52.6 Å². The molecule has 1 aromatic carbocycles. The Morgan fingerprint density at radius 1 is 1.08 bits per heavy atom. The van der Waals surface area contributed by atoms with Crippen molar-refractivity contribution in [2.24, 2.45) is 29.2 Å². The number of piperazine rings is 1. The minimum atomic E-state index is -0.944. The number of benzene rings is 1. The summed E-state index contributed by atoms with van der Waals surface area (Å²) >= 11 is 0. The molecule has 11 heteroatoms. The number of carbonyl (C=O) groups excluding carboxylic acids is 2. The second kappa shape index (κ2) is 10.5. The van der Waals surface area contributed by atoms with Crippen LogP contribution in [0.25, 0.3) is 5.69 Å². The van der Waals surface area contributed by atoms with Crippen molar-refractivity contribution >= 4 is 17.8 Å². The van der Waals surface area contributed by atoms with Gasteiger partial charge in [0.25, 0.3) is 0 Å². The van der Waals surface area contributed by atoms with Gasteiger partial charge in [-0.3, -0.25) is 14.7 Å². The zero-order valence-electron chi connectivity index (χ0n) is 22.2. The summed E-state index contributed by atoms with van der Waals surface area (Å²) in [7, 11) is 0. The summed E-state index contributed by atoms with van der Waals surface area (Å²) in [6.07, 6.45) is 2.55. The van der Waals surface area contributed by atoms with Crippen molar-refractivity contribution in [2.75, 3.05) is 57.7 Å². The van der Waals surface area contributed by atoms with Crippen LogP contribution in [0.15, 0.2) is 41.3 Å².